The minimum atomic E-state index is -1.18. The molecule has 1 aromatic rings. The van der Waals surface area contributed by atoms with Crippen LogP contribution in [0.15, 0.2) is 11.1 Å². The molecule has 0 radical (unpaired) electrons. The molecule has 4 rings (SSSR count). The Balaban J connectivity index is 2.10. The predicted molar refractivity (Wildman–Crippen MR) is 103 cm³/mol. The second-order valence-electron chi connectivity index (χ2n) is 8.00. The Labute approximate surface area is 174 Å². The van der Waals surface area contributed by atoms with E-state index in [1.54, 1.807) is 0 Å². The summed E-state index contributed by atoms with van der Waals surface area (Å²) in [6.07, 6.45) is 2.68. The van der Waals surface area contributed by atoms with Crippen LogP contribution in [0, 0.1) is 34.0 Å². The number of nitrogens with zero attached hydrogens (tertiary/aromatic N) is 4. The topological polar surface area (TPSA) is 126 Å². The van der Waals surface area contributed by atoms with Gasteiger partial charge in [0.05, 0.1) is 31.2 Å². The van der Waals surface area contributed by atoms with Crippen molar-refractivity contribution in [2.24, 2.45) is 11.3 Å². The highest BCUT2D eigenvalue weighted by Gasteiger charge is 2.92. The summed E-state index contributed by atoms with van der Waals surface area (Å²) in [4.78, 5) is 35.3. The lowest BCUT2D eigenvalue weighted by Gasteiger charge is -2.25. The van der Waals surface area contributed by atoms with Gasteiger partial charge in [0.1, 0.15) is 17.6 Å². The van der Waals surface area contributed by atoms with Crippen molar-refractivity contribution in [3.05, 3.63) is 33.9 Å². The van der Waals surface area contributed by atoms with Gasteiger partial charge in [-0.2, -0.15) is 10.5 Å². The SMILES string of the molecule is CCCC1=C(C(=O)OC)C2(C(=O)OC)C3C1c1nc(C#N)c(C#N)nc1C32CCC. The second kappa shape index (κ2) is 6.63. The molecule has 3 aliphatic rings. The summed E-state index contributed by atoms with van der Waals surface area (Å²) >= 11 is 0. The fourth-order valence-electron chi connectivity index (χ4n) is 6.28. The Morgan fingerprint density at radius 3 is 2.27 bits per heavy atom. The molecule has 1 aromatic heterocycles. The zero-order valence-electron chi connectivity index (χ0n) is 17.4. The molecule has 0 saturated heterocycles. The maximum atomic E-state index is 13.3. The van der Waals surface area contributed by atoms with Crippen molar-refractivity contribution in [2.45, 2.75) is 50.9 Å². The normalized spacial score (nSPS) is 29.5. The molecular weight excluding hydrogens is 384 g/mol. The molecule has 4 unspecified atom stereocenters. The zero-order valence-corrected chi connectivity index (χ0v) is 17.4. The van der Waals surface area contributed by atoms with Crippen molar-refractivity contribution in [3.63, 3.8) is 0 Å². The third-order valence-corrected chi connectivity index (χ3v) is 6.95. The van der Waals surface area contributed by atoms with Crippen molar-refractivity contribution in [1.29, 1.82) is 10.5 Å². The van der Waals surface area contributed by atoms with Gasteiger partial charge >= 0.3 is 11.9 Å². The fraction of sp³-hybridized carbons (Fsp3) is 0.545. The minimum absolute atomic E-state index is 0.0322. The van der Waals surface area contributed by atoms with Crippen molar-refractivity contribution in [1.82, 2.24) is 9.97 Å². The van der Waals surface area contributed by atoms with Gasteiger partial charge in [-0.25, -0.2) is 14.8 Å². The minimum Gasteiger partial charge on any atom is -0.468 e. The van der Waals surface area contributed by atoms with Gasteiger partial charge in [-0.05, 0) is 18.4 Å². The molecule has 0 aliphatic heterocycles. The van der Waals surface area contributed by atoms with Crippen LogP contribution in [0.1, 0.15) is 68.2 Å². The quantitative estimate of drug-likeness (QED) is 0.659. The van der Waals surface area contributed by atoms with Gasteiger partial charge < -0.3 is 9.47 Å². The van der Waals surface area contributed by atoms with Crippen LogP contribution in [0.5, 0.6) is 0 Å². The maximum absolute atomic E-state index is 13.3. The van der Waals surface area contributed by atoms with E-state index in [9.17, 15) is 20.1 Å². The molecule has 4 atom stereocenters. The van der Waals surface area contributed by atoms with E-state index in [2.05, 4.69) is 9.97 Å². The number of hydrogen-bond acceptors (Lipinski definition) is 8. The Morgan fingerprint density at radius 2 is 1.73 bits per heavy atom. The smallest absolute Gasteiger partial charge is 0.334 e. The average molecular weight is 406 g/mol. The van der Waals surface area contributed by atoms with Gasteiger partial charge in [0.15, 0.2) is 11.4 Å². The Hall–Kier alpha value is -3.26. The molecule has 8 heteroatoms. The predicted octanol–water partition coefficient (Wildman–Crippen LogP) is 2.43. The van der Waals surface area contributed by atoms with E-state index >= 15 is 0 Å². The Kier molecular flexibility index (Phi) is 4.43. The van der Waals surface area contributed by atoms with E-state index in [4.69, 9.17) is 9.47 Å². The summed E-state index contributed by atoms with van der Waals surface area (Å²) in [6, 6.07) is 3.89. The molecule has 0 N–H and O–H groups in total. The van der Waals surface area contributed by atoms with Gasteiger partial charge in [0.2, 0.25) is 0 Å². The standard InChI is InChI=1S/C22H22N4O4/c1-5-7-11-14-16-18(26-13(10-24)12(9-23)25-16)21(8-6-2)17(14)22(21,20(28)30-4)15(11)19(27)29-3/h14,17H,5-8H2,1-4H3. The van der Waals surface area contributed by atoms with E-state index in [0.29, 0.717) is 29.8 Å². The summed E-state index contributed by atoms with van der Waals surface area (Å²) < 4.78 is 10.3. The Bertz CT molecular complexity index is 1100. The van der Waals surface area contributed by atoms with Crippen molar-refractivity contribution >= 4 is 11.9 Å². The summed E-state index contributed by atoms with van der Waals surface area (Å²) in [5.41, 5.74) is 0.279. The molecule has 154 valence electrons. The van der Waals surface area contributed by atoms with E-state index in [1.165, 1.54) is 14.2 Å². The number of ether oxygens (including phenoxy) is 2. The van der Waals surface area contributed by atoms with Gasteiger partial charge in [-0.1, -0.05) is 26.7 Å². The number of aromatic nitrogens is 2. The number of hydrogen-bond donors (Lipinski definition) is 0. The zero-order chi connectivity index (χ0) is 21.8. The summed E-state index contributed by atoms with van der Waals surface area (Å²) in [5, 5.41) is 19.0. The summed E-state index contributed by atoms with van der Waals surface area (Å²) in [7, 11) is 2.62. The molecule has 0 bridgehead atoms. The molecule has 0 aromatic carbocycles. The second-order valence-corrected chi connectivity index (χ2v) is 8.00. The average Bonchev–Trinajstić information content (AvgIpc) is 3.09. The first-order chi connectivity index (χ1) is 14.5. The summed E-state index contributed by atoms with van der Waals surface area (Å²) in [5.74, 6) is -1.59. The highest BCUT2D eigenvalue weighted by molar-refractivity contribution is 6.06. The van der Waals surface area contributed by atoms with Crippen LogP contribution in [0.4, 0.5) is 0 Å². The third-order valence-electron chi connectivity index (χ3n) is 6.95. The van der Waals surface area contributed by atoms with Crippen LogP contribution in [0.25, 0.3) is 0 Å². The number of methoxy groups -OCH3 is 2. The van der Waals surface area contributed by atoms with Crippen LogP contribution in [0.3, 0.4) is 0 Å². The van der Waals surface area contributed by atoms with Gasteiger partial charge in [0.25, 0.3) is 0 Å². The van der Waals surface area contributed by atoms with Crippen LogP contribution in [0.2, 0.25) is 0 Å². The number of esters is 2. The number of fused-ring (bicyclic) bond motifs is 4. The van der Waals surface area contributed by atoms with E-state index in [-0.39, 0.29) is 23.2 Å². The maximum Gasteiger partial charge on any atom is 0.334 e. The summed E-state index contributed by atoms with van der Waals surface area (Å²) in [6.45, 7) is 3.99. The fourth-order valence-corrected chi connectivity index (χ4v) is 6.28. The largest absolute Gasteiger partial charge is 0.468 e. The van der Waals surface area contributed by atoms with E-state index in [0.717, 1.165) is 18.4 Å². The monoisotopic (exact) mass is 406 g/mol. The number of carbonyl (C=O) groups excluding carboxylic acids is 2. The first-order valence-corrected chi connectivity index (χ1v) is 10.1. The molecular formula is C22H22N4O4. The molecule has 8 nitrogen and oxygen atoms in total. The van der Waals surface area contributed by atoms with Gasteiger partial charge in [-0.3, -0.25) is 4.79 Å². The van der Waals surface area contributed by atoms with Crippen molar-refractivity contribution < 1.29 is 19.1 Å². The molecule has 0 spiro atoms. The molecule has 30 heavy (non-hydrogen) atoms. The van der Waals surface area contributed by atoms with Crippen LogP contribution in [-0.2, 0) is 24.5 Å². The van der Waals surface area contributed by atoms with Gasteiger partial charge in [0, 0.05) is 17.3 Å². The number of carbonyl (C=O) groups is 2. The number of rotatable bonds is 6. The molecule has 1 saturated carbocycles. The number of allylic oxidation sites excluding steroid dienone is 1. The molecule has 3 aliphatic carbocycles. The first kappa shape index (κ1) is 20.0. The Morgan fingerprint density at radius 1 is 1.07 bits per heavy atom. The van der Waals surface area contributed by atoms with Crippen LogP contribution in [-0.4, -0.2) is 36.1 Å². The van der Waals surface area contributed by atoms with Crippen molar-refractivity contribution in [2.75, 3.05) is 14.2 Å². The van der Waals surface area contributed by atoms with Gasteiger partial charge in [-0.15, -0.1) is 0 Å². The lowest BCUT2D eigenvalue weighted by atomic mass is 9.80. The van der Waals surface area contributed by atoms with Crippen LogP contribution >= 0.6 is 0 Å². The first-order valence-electron chi connectivity index (χ1n) is 10.1. The third kappa shape index (κ3) is 1.94. The van der Waals surface area contributed by atoms with Crippen LogP contribution < -0.4 is 0 Å². The number of nitriles is 2. The highest BCUT2D eigenvalue weighted by atomic mass is 16.5. The highest BCUT2D eigenvalue weighted by Crippen LogP contribution is 2.87. The molecule has 1 fully saturated rings. The van der Waals surface area contributed by atoms with E-state index in [1.807, 2.05) is 26.0 Å². The van der Waals surface area contributed by atoms with E-state index < -0.39 is 22.8 Å². The molecule has 1 heterocycles. The van der Waals surface area contributed by atoms with Crippen molar-refractivity contribution in [3.8, 4) is 12.1 Å². The lowest BCUT2D eigenvalue weighted by Crippen LogP contribution is -2.34. The lowest BCUT2D eigenvalue weighted by molar-refractivity contribution is -0.150. The molecule has 0 amide bonds.